The number of carbonyl (C=O) groups excluding carboxylic acids is 2. The number of hydrogen-bond donors (Lipinski definition) is 2. The number of amides is 3. The molecule has 1 aliphatic heterocycles. The van der Waals surface area contributed by atoms with Crippen molar-refractivity contribution >= 4 is 17.6 Å². The summed E-state index contributed by atoms with van der Waals surface area (Å²) in [6.07, 6.45) is 1.17. The van der Waals surface area contributed by atoms with Gasteiger partial charge in [-0.1, -0.05) is 19.1 Å². The minimum absolute atomic E-state index is 0.00263. The summed E-state index contributed by atoms with van der Waals surface area (Å²) in [5, 5.41) is 5.92. The van der Waals surface area contributed by atoms with Crippen LogP contribution in [0.25, 0.3) is 0 Å². The number of urea groups is 1. The molecular weight excluding hydrogens is 410 g/mol. The third-order valence-electron chi connectivity index (χ3n) is 5.96. The van der Waals surface area contributed by atoms with E-state index in [2.05, 4.69) is 10.6 Å². The molecular formula is C24H31N3O5. The number of rotatable bonds is 7. The maximum atomic E-state index is 12.9. The van der Waals surface area contributed by atoms with E-state index in [1.807, 2.05) is 31.2 Å². The molecule has 8 nitrogen and oxygen atoms in total. The number of hydrogen-bond acceptors (Lipinski definition) is 5. The molecule has 2 N–H and O–H groups in total. The number of anilines is 1. The van der Waals surface area contributed by atoms with E-state index in [9.17, 15) is 9.59 Å². The Labute approximate surface area is 188 Å². The van der Waals surface area contributed by atoms with Crippen LogP contribution in [0.1, 0.15) is 25.3 Å². The molecule has 0 unspecified atom stereocenters. The Morgan fingerprint density at radius 2 is 1.56 bits per heavy atom. The van der Waals surface area contributed by atoms with Gasteiger partial charge < -0.3 is 29.7 Å². The normalized spacial score (nSPS) is 14.9. The van der Waals surface area contributed by atoms with Gasteiger partial charge in [-0.3, -0.25) is 4.79 Å². The van der Waals surface area contributed by atoms with Crippen molar-refractivity contribution in [3.63, 3.8) is 0 Å². The number of ether oxygens (including phenoxy) is 3. The predicted octanol–water partition coefficient (Wildman–Crippen LogP) is 3.66. The Balaban J connectivity index is 1.53. The van der Waals surface area contributed by atoms with Crippen molar-refractivity contribution in [2.75, 3.05) is 39.7 Å². The monoisotopic (exact) mass is 441 g/mol. The summed E-state index contributed by atoms with van der Waals surface area (Å²) in [4.78, 5) is 27.4. The Morgan fingerprint density at radius 1 is 0.938 bits per heavy atom. The van der Waals surface area contributed by atoms with Crippen molar-refractivity contribution in [3.8, 4) is 17.2 Å². The van der Waals surface area contributed by atoms with Crippen molar-refractivity contribution < 1.29 is 23.8 Å². The molecule has 0 saturated carbocycles. The topological polar surface area (TPSA) is 89.1 Å². The predicted molar refractivity (Wildman–Crippen MR) is 122 cm³/mol. The highest BCUT2D eigenvalue weighted by atomic mass is 16.5. The summed E-state index contributed by atoms with van der Waals surface area (Å²) in [5.41, 5.74) is 1.03. The van der Waals surface area contributed by atoms with Crippen molar-refractivity contribution in [2.45, 2.75) is 26.3 Å². The van der Waals surface area contributed by atoms with Gasteiger partial charge in [-0.25, -0.2) is 4.79 Å². The van der Waals surface area contributed by atoms with Crippen molar-refractivity contribution in [1.82, 2.24) is 10.2 Å². The number of benzene rings is 2. The molecule has 172 valence electrons. The average molecular weight is 442 g/mol. The lowest BCUT2D eigenvalue weighted by Crippen LogP contribution is -2.49. The largest absolute Gasteiger partial charge is 0.497 e. The van der Waals surface area contributed by atoms with Gasteiger partial charge in [0.15, 0.2) is 0 Å². The summed E-state index contributed by atoms with van der Waals surface area (Å²) in [6, 6.07) is 12.6. The van der Waals surface area contributed by atoms with Gasteiger partial charge in [-0.05, 0) is 42.7 Å². The molecule has 0 atom stereocenters. The SMILES string of the molecule is COc1ccc(CNC(=O)C2(C)CCN(C(=O)Nc3cc(OC)ccc3OC)CC2)cc1. The van der Waals surface area contributed by atoms with Crippen molar-refractivity contribution in [1.29, 1.82) is 0 Å². The fourth-order valence-corrected chi connectivity index (χ4v) is 3.68. The summed E-state index contributed by atoms with van der Waals surface area (Å²) in [6.45, 7) is 3.39. The molecule has 0 spiro atoms. The van der Waals surface area contributed by atoms with Crippen LogP contribution < -0.4 is 24.8 Å². The third kappa shape index (κ3) is 5.43. The van der Waals surface area contributed by atoms with Crippen LogP contribution in [-0.2, 0) is 11.3 Å². The van der Waals surface area contributed by atoms with Crippen LogP contribution in [0.3, 0.4) is 0 Å². The van der Waals surface area contributed by atoms with Crippen LogP contribution in [-0.4, -0.2) is 51.3 Å². The van der Waals surface area contributed by atoms with E-state index in [-0.39, 0.29) is 11.9 Å². The van der Waals surface area contributed by atoms with Gasteiger partial charge in [0.05, 0.1) is 27.0 Å². The maximum Gasteiger partial charge on any atom is 0.321 e. The first-order valence-electron chi connectivity index (χ1n) is 10.6. The molecule has 0 bridgehead atoms. The molecule has 2 aromatic rings. The van der Waals surface area contributed by atoms with Gasteiger partial charge in [0.2, 0.25) is 5.91 Å². The number of nitrogens with zero attached hydrogens (tertiary/aromatic N) is 1. The molecule has 2 aromatic carbocycles. The van der Waals surface area contributed by atoms with E-state index in [1.165, 1.54) is 0 Å². The zero-order valence-electron chi connectivity index (χ0n) is 19.1. The maximum absolute atomic E-state index is 12.9. The fraction of sp³-hybridized carbons (Fsp3) is 0.417. The molecule has 1 fully saturated rings. The van der Waals surface area contributed by atoms with Crippen LogP contribution in [0, 0.1) is 5.41 Å². The minimum atomic E-state index is -0.517. The highest BCUT2D eigenvalue weighted by Gasteiger charge is 2.38. The molecule has 1 aliphatic rings. The highest BCUT2D eigenvalue weighted by molar-refractivity contribution is 5.91. The molecule has 3 amide bonds. The average Bonchev–Trinajstić information content (AvgIpc) is 2.83. The Kier molecular flexibility index (Phi) is 7.45. The smallest absolute Gasteiger partial charge is 0.321 e. The summed E-state index contributed by atoms with van der Waals surface area (Å²) in [5.74, 6) is 1.96. The van der Waals surface area contributed by atoms with Crippen LogP contribution in [0.15, 0.2) is 42.5 Å². The van der Waals surface area contributed by atoms with E-state index in [0.29, 0.717) is 49.7 Å². The van der Waals surface area contributed by atoms with E-state index < -0.39 is 5.41 Å². The first-order valence-corrected chi connectivity index (χ1v) is 10.6. The second-order valence-electron chi connectivity index (χ2n) is 8.07. The molecule has 0 aliphatic carbocycles. The van der Waals surface area contributed by atoms with Crippen LogP contribution in [0.2, 0.25) is 0 Å². The van der Waals surface area contributed by atoms with E-state index in [0.717, 1.165) is 11.3 Å². The fourth-order valence-electron chi connectivity index (χ4n) is 3.68. The van der Waals surface area contributed by atoms with E-state index in [4.69, 9.17) is 14.2 Å². The van der Waals surface area contributed by atoms with Gasteiger partial charge in [0.1, 0.15) is 17.2 Å². The standard InChI is InChI=1S/C24H31N3O5/c1-24(22(28)25-16-17-5-7-18(30-2)8-6-17)11-13-27(14-12-24)23(29)26-20-15-19(31-3)9-10-21(20)32-4/h5-10,15H,11-14,16H2,1-4H3,(H,25,28)(H,26,29). The van der Waals surface area contributed by atoms with E-state index in [1.54, 1.807) is 44.4 Å². The molecule has 0 aromatic heterocycles. The van der Waals surface area contributed by atoms with Crippen LogP contribution in [0.5, 0.6) is 17.2 Å². The molecule has 1 heterocycles. The van der Waals surface area contributed by atoms with Gasteiger partial charge >= 0.3 is 6.03 Å². The lowest BCUT2D eigenvalue weighted by Gasteiger charge is -2.38. The molecule has 1 saturated heterocycles. The zero-order chi connectivity index (χ0) is 23.1. The van der Waals surface area contributed by atoms with Crippen LogP contribution in [0.4, 0.5) is 10.5 Å². The third-order valence-corrected chi connectivity index (χ3v) is 5.96. The lowest BCUT2D eigenvalue weighted by molar-refractivity contribution is -0.132. The van der Waals surface area contributed by atoms with Gasteiger partial charge in [0.25, 0.3) is 0 Å². The van der Waals surface area contributed by atoms with E-state index >= 15 is 0 Å². The first kappa shape index (κ1) is 23.2. The summed E-state index contributed by atoms with van der Waals surface area (Å²) < 4.78 is 15.7. The van der Waals surface area contributed by atoms with Gasteiger partial charge in [0, 0.05) is 31.1 Å². The van der Waals surface area contributed by atoms with Crippen molar-refractivity contribution in [2.24, 2.45) is 5.41 Å². The zero-order valence-corrected chi connectivity index (χ0v) is 19.1. The molecule has 32 heavy (non-hydrogen) atoms. The van der Waals surface area contributed by atoms with Gasteiger partial charge in [-0.2, -0.15) is 0 Å². The minimum Gasteiger partial charge on any atom is -0.497 e. The number of methoxy groups -OCH3 is 3. The summed E-state index contributed by atoms with van der Waals surface area (Å²) >= 11 is 0. The number of likely N-dealkylation sites (tertiary alicyclic amines) is 1. The first-order chi connectivity index (χ1) is 15.4. The number of carbonyl (C=O) groups is 2. The highest BCUT2D eigenvalue weighted by Crippen LogP contribution is 2.33. The molecule has 8 heteroatoms. The molecule has 0 radical (unpaired) electrons. The second kappa shape index (κ2) is 10.3. The van der Waals surface area contributed by atoms with Gasteiger partial charge in [-0.15, -0.1) is 0 Å². The second-order valence-corrected chi connectivity index (χ2v) is 8.07. The quantitative estimate of drug-likeness (QED) is 0.685. The number of nitrogens with one attached hydrogen (secondary N) is 2. The molecule has 3 rings (SSSR count). The Morgan fingerprint density at radius 3 is 2.16 bits per heavy atom. The lowest BCUT2D eigenvalue weighted by atomic mass is 9.79. The summed E-state index contributed by atoms with van der Waals surface area (Å²) in [7, 11) is 4.74. The Hall–Kier alpha value is -3.42. The van der Waals surface area contributed by atoms with Crippen LogP contribution >= 0.6 is 0 Å². The number of piperidine rings is 1. The van der Waals surface area contributed by atoms with Crippen molar-refractivity contribution in [3.05, 3.63) is 48.0 Å². The Bertz CT molecular complexity index is 937.